The highest BCUT2D eigenvalue weighted by atomic mass is 32.2. The third-order valence-electron chi connectivity index (χ3n) is 6.86. The smallest absolute Gasteiger partial charge is 0.264 e. The van der Waals surface area contributed by atoms with Crippen molar-refractivity contribution in [1.29, 1.82) is 0 Å². The minimum Gasteiger partial charge on any atom is -0.497 e. The summed E-state index contributed by atoms with van der Waals surface area (Å²) in [7, 11) is -1.23. The Hall–Kier alpha value is -4.05. The van der Waals surface area contributed by atoms with Crippen molar-refractivity contribution in [3.8, 4) is 11.5 Å². The monoisotopic (exact) mass is 609 g/mol. The van der Waals surface area contributed by atoms with Gasteiger partial charge in [-0.25, -0.2) is 8.42 Å². The largest absolute Gasteiger partial charge is 0.497 e. The number of aryl methyl sites for hydroxylation is 2. The predicted molar refractivity (Wildman–Crippen MR) is 169 cm³/mol. The van der Waals surface area contributed by atoms with Crippen LogP contribution in [0.25, 0.3) is 0 Å². The summed E-state index contributed by atoms with van der Waals surface area (Å²) in [4.78, 5) is 29.3. The van der Waals surface area contributed by atoms with E-state index in [-0.39, 0.29) is 23.0 Å². The second-order valence-corrected chi connectivity index (χ2v) is 13.4. The first-order valence-corrected chi connectivity index (χ1v) is 15.6. The van der Waals surface area contributed by atoms with Crippen LogP contribution in [0.2, 0.25) is 0 Å². The van der Waals surface area contributed by atoms with Crippen LogP contribution in [0.4, 0.5) is 5.69 Å². The maximum atomic E-state index is 14.3. The summed E-state index contributed by atoms with van der Waals surface area (Å²) >= 11 is 0. The molecule has 3 aromatic rings. The SMILES string of the molecule is CC[C@@H](C(=O)NC(C)(C)C)N(Cc1cccc(OC)c1)C(=O)CN(c1cc(C)ccc1OC)S(=O)(=O)c1ccc(C)cc1. The Morgan fingerprint density at radius 2 is 1.56 bits per heavy atom. The highest BCUT2D eigenvalue weighted by Gasteiger charge is 2.35. The summed E-state index contributed by atoms with van der Waals surface area (Å²) in [5.41, 5.74) is 2.11. The van der Waals surface area contributed by atoms with Gasteiger partial charge in [-0.15, -0.1) is 0 Å². The van der Waals surface area contributed by atoms with Crippen molar-refractivity contribution in [2.45, 2.75) is 71.0 Å². The number of sulfonamides is 1. The van der Waals surface area contributed by atoms with Crippen LogP contribution >= 0.6 is 0 Å². The molecule has 43 heavy (non-hydrogen) atoms. The summed E-state index contributed by atoms with van der Waals surface area (Å²) in [5.74, 6) is 0.0291. The first-order valence-electron chi connectivity index (χ1n) is 14.2. The van der Waals surface area contributed by atoms with Crippen LogP contribution in [0.15, 0.2) is 71.6 Å². The summed E-state index contributed by atoms with van der Waals surface area (Å²) in [6.07, 6.45) is 0.316. The van der Waals surface area contributed by atoms with Crippen LogP contribution in [0.3, 0.4) is 0 Å². The third-order valence-corrected chi connectivity index (χ3v) is 8.64. The van der Waals surface area contributed by atoms with Crippen molar-refractivity contribution in [3.63, 3.8) is 0 Å². The van der Waals surface area contributed by atoms with Crippen LogP contribution in [-0.2, 0) is 26.2 Å². The molecule has 0 saturated heterocycles. The standard InChI is InChI=1S/C33H43N3O6S/c1-9-28(32(38)34-33(4,5)6)35(21-25-11-10-12-26(20-25)41-7)31(37)22-36(29-19-24(3)15-18-30(29)42-8)43(39,40)27-16-13-23(2)14-17-27/h10-20,28H,9,21-22H2,1-8H3,(H,34,38)/t28-/m0/s1. The number of ether oxygens (including phenoxy) is 2. The van der Waals surface area contributed by atoms with E-state index >= 15 is 0 Å². The Kier molecular flexibility index (Phi) is 10.9. The lowest BCUT2D eigenvalue weighted by atomic mass is 10.1. The van der Waals surface area contributed by atoms with E-state index in [1.165, 1.54) is 24.1 Å². The highest BCUT2D eigenvalue weighted by Crippen LogP contribution is 2.34. The van der Waals surface area contributed by atoms with Crippen molar-refractivity contribution in [3.05, 3.63) is 83.4 Å². The Morgan fingerprint density at radius 1 is 0.907 bits per heavy atom. The van der Waals surface area contributed by atoms with Gasteiger partial charge in [0.2, 0.25) is 11.8 Å². The lowest BCUT2D eigenvalue weighted by molar-refractivity contribution is -0.141. The molecule has 0 aliphatic heterocycles. The third kappa shape index (κ3) is 8.50. The molecule has 9 nitrogen and oxygen atoms in total. The van der Waals surface area contributed by atoms with Crippen molar-refractivity contribution in [2.75, 3.05) is 25.1 Å². The fourth-order valence-corrected chi connectivity index (χ4v) is 6.10. The molecule has 0 aliphatic carbocycles. The van der Waals surface area contributed by atoms with E-state index in [0.717, 1.165) is 21.0 Å². The van der Waals surface area contributed by atoms with Gasteiger partial charge in [0.05, 0.1) is 24.8 Å². The van der Waals surface area contributed by atoms with Gasteiger partial charge in [-0.2, -0.15) is 0 Å². The van der Waals surface area contributed by atoms with Crippen LogP contribution in [-0.4, -0.2) is 57.5 Å². The van der Waals surface area contributed by atoms with Gasteiger partial charge in [-0.3, -0.25) is 13.9 Å². The zero-order chi connectivity index (χ0) is 31.9. The second-order valence-electron chi connectivity index (χ2n) is 11.5. The zero-order valence-electron chi connectivity index (χ0n) is 26.3. The van der Waals surface area contributed by atoms with Crippen LogP contribution < -0.4 is 19.1 Å². The Morgan fingerprint density at radius 3 is 2.14 bits per heavy atom. The van der Waals surface area contributed by atoms with Gasteiger partial charge in [0.25, 0.3) is 10.0 Å². The molecule has 0 unspecified atom stereocenters. The molecule has 0 aromatic heterocycles. The molecule has 0 fully saturated rings. The van der Waals surface area contributed by atoms with Crippen molar-refractivity contribution >= 4 is 27.5 Å². The normalized spacial score (nSPS) is 12.3. The first kappa shape index (κ1) is 33.5. The van der Waals surface area contributed by atoms with E-state index in [1.54, 1.807) is 55.6 Å². The highest BCUT2D eigenvalue weighted by molar-refractivity contribution is 7.92. The zero-order valence-corrected chi connectivity index (χ0v) is 27.1. The molecule has 0 heterocycles. The molecule has 232 valence electrons. The summed E-state index contributed by atoms with van der Waals surface area (Å²) in [6.45, 7) is 10.6. The number of methoxy groups -OCH3 is 2. The van der Waals surface area contributed by atoms with E-state index < -0.39 is 34.1 Å². The fraction of sp³-hybridized carbons (Fsp3) is 0.394. The number of rotatable bonds is 12. The van der Waals surface area contributed by atoms with Gasteiger partial charge < -0.3 is 19.7 Å². The number of nitrogens with zero attached hydrogens (tertiary/aromatic N) is 2. The number of hydrogen-bond donors (Lipinski definition) is 1. The number of amides is 2. The van der Waals surface area contributed by atoms with Gasteiger partial charge in [0.15, 0.2) is 0 Å². The van der Waals surface area contributed by atoms with Gasteiger partial charge in [0.1, 0.15) is 24.1 Å². The molecule has 0 aliphatic rings. The van der Waals surface area contributed by atoms with Gasteiger partial charge in [-0.05, 0) is 88.6 Å². The summed E-state index contributed by atoms with van der Waals surface area (Å²) in [5, 5.41) is 2.98. The topological polar surface area (TPSA) is 105 Å². The van der Waals surface area contributed by atoms with Crippen molar-refractivity contribution in [1.82, 2.24) is 10.2 Å². The molecule has 0 bridgehead atoms. The number of benzene rings is 3. The molecule has 0 spiro atoms. The molecule has 0 saturated carbocycles. The summed E-state index contributed by atoms with van der Waals surface area (Å²) < 4.78 is 40.4. The Balaban J connectivity index is 2.15. The number of anilines is 1. The van der Waals surface area contributed by atoms with Crippen molar-refractivity contribution < 1.29 is 27.5 Å². The van der Waals surface area contributed by atoms with E-state index in [2.05, 4.69) is 5.32 Å². The van der Waals surface area contributed by atoms with E-state index in [9.17, 15) is 18.0 Å². The maximum absolute atomic E-state index is 14.3. The fourth-order valence-electron chi connectivity index (χ4n) is 4.69. The van der Waals surface area contributed by atoms with Crippen LogP contribution in [0, 0.1) is 13.8 Å². The predicted octanol–water partition coefficient (Wildman–Crippen LogP) is 5.24. The van der Waals surface area contributed by atoms with E-state index in [1.807, 2.05) is 47.6 Å². The lowest BCUT2D eigenvalue weighted by Gasteiger charge is -2.35. The van der Waals surface area contributed by atoms with E-state index in [0.29, 0.717) is 17.9 Å². The second kappa shape index (κ2) is 13.9. The number of carbonyl (C=O) groups is 2. The Bertz CT molecular complexity index is 1530. The lowest BCUT2D eigenvalue weighted by Crippen LogP contribution is -2.55. The molecule has 2 amide bonds. The van der Waals surface area contributed by atoms with Gasteiger partial charge in [-0.1, -0.05) is 42.8 Å². The quantitative estimate of drug-likeness (QED) is 0.301. The molecular weight excluding hydrogens is 566 g/mol. The average Bonchev–Trinajstić information content (AvgIpc) is 2.95. The molecule has 3 aromatic carbocycles. The molecule has 0 radical (unpaired) electrons. The van der Waals surface area contributed by atoms with E-state index in [4.69, 9.17) is 9.47 Å². The van der Waals surface area contributed by atoms with Crippen LogP contribution in [0.1, 0.15) is 50.8 Å². The molecular formula is C33H43N3O6S. The molecule has 3 rings (SSSR count). The summed E-state index contributed by atoms with van der Waals surface area (Å²) in [6, 6.07) is 18.0. The van der Waals surface area contributed by atoms with Gasteiger partial charge >= 0.3 is 0 Å². The van der Waals surface area contributed by atoms with Gasteiger partial charge in [0, 0.05) is 12.1 Å². The minimum atomic E-state index is -4.23. The minimum absolute atomic E-state index is 0.0336. The first-order chi connectivity index (χ1) is 20.2. The number of hydrogen-bond acceptors (Lipinski definition) is 6. The number of carbonyl (C=O) groups excluding carboxylic acids is 2. The Labute approximate surface area is 255 Å². The molecule has 1 N–H and O–H groups in total. The molecule has 1 atom stereocenters. The average molecular weight is 610 g/mol. The van der Waals surface area contributed by atoms with Crippen LogP contribution in [0.5, 0.6) is 11.5 Å². The maximum Gasteiger partial charge on any atom is 0.264 e. The van der Waals surface area contributed by atoms with Crippen molar-refractivity contribution in [2.24, 2.45) is 0 Å². The number of nitrogens with one attached hydrogen (secondary N) is 1. The molecule has 10 heteroatoms.